The van der Waals surface area contributed by atoms with E-state index in [4.69, 9.17) is 11.6 Å². The van der Waals surface area contributed by atoms with E-state index in [1.165, 1.54) is 32.2 Å². The smallest absolute Gasteiger partial charge is 0.416 e. The molecule has 27 heavy (non-hydrogen) atoms. The van der Waals surface area contributed by atoms with Gasteiger partial charge < -0.3 is 4.74 Å². The summed E-state index contributed by atoms with van der Waals surface area (Å²) < 4.78 is 70.3. The number of ether oxygens (including phenoxy) is 1. The van der Waals surface area contributed by atoms with Crippen LogP contribution in [0.4, 0.5) is 13.2 Å². The summed E-state index contributed by atoms with van der Waals surface area (Å²) in [5, 5.41) is -0.221. The monoisotopic (exact) mass is 421 g/mol. The lowest BCUT2D eigenvalue weighted by molar-refractivity contribution is -0.137. The molecule has 2 aromatic carbocycles. The van der Waals surface area contributed by atoms with Crippen LogP contribution >= 0.6 is 11.6 Å². The summed E-state index contributed by atoms with van der Waals surface area (Å²) in [6.07, 6.45) is -4.54. The standard InChI is InChI=1S/C17H15ClF3NO4S/c1-10(11-4-3-5-13(8-11)17(19,20)21)22-27(24,25)15-7-6-12(9-14(15)18)16(23)26-2/h3-10,22H,1-2H3. The van der Waals surface area contributed by atoms with Crippen LogP contribution < -0.4 is 4.72 Å². The predicted octanol–water partition coefficient (Wildman–Crippen LogP) is 4.18. The highest BCUT2D eigenvalue weighted by Crippen LogP contribution is 2.31. The highest BCUT2D eigenvalue weighted by atomic mass is 35.5. The van der Waals surface area contributed by atoms with E-state index in [1.807, 2.05) is 0 Å². The molecule has 0 heterocycles. The number of carbonyl (C=O) groups is 1. The molecule has 0 aromatic heterocycles. The van der Waals surface area contributed by atoms with Gasteiger partial charge in [-0.25, -0.2) is 17.9 Å². The Morgan fingerprint density at radius 1 is 1.19 bits per heavy atom. The van der Waals surface area contributed by atoms with E-state index in [0.29, 0.717) is 0 Å². The first-order valence-electron chi connectivity index (χ1n) is 7.53. The fourth-order valence-electron chi connectivity index (χ4n) is 2.31. The van der Waals surface area contributed by atoms with Crippen LogP contribution in [0.2, 0.25) is 5.02 Å². The van der Waals surface area contributed by atoms with E-state index in [0.717, 1.165) is 24.3 Å². The second-order valence-corrected chi connectivity index (χ2v) is 7.69. The van der Waals surface area contributed by atoms with Crippen LogP contribution in [0.3, 0.4) is 0 Å². The molecule has 0 radical (unpaired) electrons. The maximum Gasteiger partial charge on any atom is 0.416 e. The van der Waals surface area contributed by atoms with Crippen molar-refractivity contribution in [3.63, 3.8) is 0 Å². The third kappa shape index (κ3) is 5.00. The maximum absolute atomic E-state index is 12.8. The van der Waals surface area contributed by atoms with Gasteiger partial charge in [0.05, 0.1) is 23.3 Å². The Labute approximate surface area is 159 Å². The molecule has 0 aliphatic heterocycles. The second-order valence-electron chi connectivity index (χ2n) is 5.60. The molecule has 2 rings (SSSR count). The Balaban J connectivity index is 2.30. The number of esters is 1. The highest BCUT2D eigenvalue weighted by molar-refractivity contribution is 7.89. The van der Waals surface area contributed by atoms with Crippen molar-refractivity contribution >= 4 is 27.6 Å². The molecule has 0 aliphatic carbocycles. The summed E-state index contributed by atoms with van der Waals surface area (Å²) in [6, 6.07) is 6.87. The van der Waals surface area contributed by atoms with Gasteiger partial charge in [-0.05, 0) is 42.8 Å². The van der Waals surface area contributed by atoms with Crippen molar-refractivity contribution in [1.82, 2.24) is 4.72 Å². The van der Waals surface area contributed by atoms with Crippen LogP contribution in [0.1, 0.15) is 34.5 Å². The molecule has 1 N–H and O–H groups in total. The van der Waals surface area contributed by atoms with Gasteiger partial charge in [0, 0.05) is 6.04 Å². The average molecular weight is 422 g/mol. The van der Waals surface area contributed by atoms with Crippen LogP contribution in [-0.4, -0.2) is 21.5 Å². The molecule has 0 aliphatic rings. The van der Waals surface area contributed by atoms with Gasteiger partial charge in [-0.3, -0.25) is 0 Å². The Kier molecular flexibility index (Phi) is 6.18. The number of hydrogen-bond donors (Lipinski definition) is 1. The van der Waals surface area contributed by atoms with Crippen molar-refractivity contribution in [3.05, 3.63) is 64.2 Å². The van der Waals surface area contributed by atoms with Gasteiger partial charge in [-0.1, -0.05) is 23.7 Å². The molecule has 146 valence electrons. The van der Waals surface area contributed by atoms with Crippen LogP contribution in [0, 0.1) is 0 Å². The summed E-state index contributed by atoms with van der Waals surface area (Å²) in [7, 11) is -2.99. The third-order valence-electron chi connectivity index (χ3n) is 3.69. The number of methoxy groups -OCH3 is 1. The van der Waals surface area contributed by atoms with E-state index in [2.05, 4.69) is 9.46 Å². The lowest BCUT2D eigenvalue weighted by Crippen LogP contribution is -2.27. The molecule has 0 saturated carbocycles. The van der Waals surface area contributed by atoms with Gasteiger partial charge in [0.2, 0.25) is 10.0 Å². The van der Waals surface area contributed by atoms with Crippen LogP contribution in [0.25, 0.3) is 0 Å². The topological polar surface area (TPSA) is 72.5 Å². The summed E-state index contributed by atoms with van der Waals surface area (Å²) in [5.41, 5.74) is -0.686. The van der Waals surface area contributed by atoms with Gasteiger partial charge in [0.15, 0.2) is 0 Å². The molecule has 1 unspecified atom stereocenters. The Morgan fingerprint density at radius 3 is 2.41 bits per heavy atom. The van der Waals surface area contributed by atoms with Crippen molar-refractivity contribution < 1.29 is 31.1 Å². The van der Waals surface area contributed by atoms with E-state index in [9.17, 15) is 26.4 Å². The van der Waals surface area contributed by atoms with Crippen molar-refractivity contribution in [2.45, 2.75) is 24.0 Å². The molecule has 10 heteroatoms. The molecule has 0 saturated heterocycles. The number of sulfonamides is 1. The van der Waals surface area contributed by atoms with E-state index in [-0.39, 0.29) is 21.0 Å². The minimum atomic E-state index is -4.54. The summed E-state index contributed by atoms with van der Waals surface area (Å²) in [5.74, 6) is -0.689. The maximum atomic E-state index is 12.8. The number of alkyl halides is 3. The third-order valence-corrected chi connectivity index (χ3v) is 5.71. The van der Waals surface area contributed by atoms with Crippen molar-refractivity contribution in [2.75, 3.05) is 7.11 Å². The van der Waals surface area contributed by atoms with Gasteiger partial charge >= 0.3 is 12.1 Å². The van der Waals surface area contributed by atoms with Gasteiger partial charge in [0.25, 0.3) is 0 Å². The largest absolute Gasteiger partial charge is 0.465 e. The van der Waals surface area contributed by atoms with Gasteiger partial charge in [-0.2, -0.15) is 13.2 Å². The summed E-state index contributed by atoms with van der Waals surface area (Å²) in [6.45, 7) is 1.41. The number of carbonyl (C=O) groups excluding carboxylic acids is 1. The molecule has 2 aromatic rings. The number of hydrogen-bond acceptors (Lipinski definition) is 4. The van der Waals surface area contributed by atoms with Gasteiger partial charge in [0.1, 0.15) is 4.90 Å². The molecular weight excluding hydrogens is 407 g/mol. The molecular formula is C17H15ClF3NO4S. The summed E-state index contributed by atoms with van der Waals surface area (Å²) in [4.78, 5) is 11.2. The van der Waals surface area contributed by atoms with Crippen LogP contribution in [0.5, 0.6) is 0 Å². The molecule has 1 atom stereocenters. The first-order valence-corrected chi connectivity index (χ1v) is 9.39. The van der Waals surface area contributed by atoms with Crippen molar-refractivity contribution in [3.8, 4) is 0 Å². The Morgan fingerprint density at radius 2 is 1.85 bits per heavy atom. The second kappa shape index (κ2) is 7.87. The fourth-order valence-corrected chi connectivity index (χ4v) is 4.09. The quantitative estimate of drug-likeness (QED) is 0.735. The number of benzene rings is 2. The fraction of sp³-hybridized carbons (Fsp3) is 0.235. The summed E-state index contributed by atoms with van der Waals surface area (Å²) >= 11 is 5.95. The highest BCUT2D eigenvalue weighted by Gasteiger charge is 2.31. The Bertz CT molecular complexity index is 961. The number of halogens is 4. The van der Waals surface area contributed by atoms with Gasteiger partial charge in [-0.15, -0.1) is 0 Å². The minimum absolute atomic E-state index is 0.0624. The zero-order chi connectivity index (χ0) is 20.4. The normalized spacial score (nSPS) is 13.3. The molecule has 0 bridgehead atoms. The molecule has 0 spiro atoms. The molecule has 0 fully saturated rings. The number of nitrogens with one attached hydrogen (secondary N) is 1. The molecule has 5 nitrogen and oxygen atoms in total. The zero-order valence-corrected chi connectivity index (χ0v) is 15.7. The average Bonchev–Trinajstić information content (AvgIpc) is 2.59. The van der Waals surface area contributed by atoms with Crippen LogP contribution in [0.15, 0.2) is 47.4 Å². The van der Waals surface area contributed by atoms with E-state index >= 15 is 0 Å². The van der Waals surface area contributed by atoms with E-state index < -0.39 is 33.8 Å². The number of rotatable bonds is 5. The SMILES string of the molecule is COC(=O)c1ccc(S(=O)(=O)NC(C)c2cccc(C(F)(F)F)c2)c(Cl)c1. The lowest BCUT2D eigenvalue weighted by Gasteiger charge is -2.17. The van der Waals surface area contributed by atoms with Crippen molar-refractivity contribution in [1.29, 1.82) is 0 Å². The van der Waals surface area contributed by atoms with E-state index in [1.54, 1.807) is 0 Å². The first-order chi connectivity index (χ1) is 12.5. The first kappa shape index (κ1) is 21.2. The lowest BCUT2D eigenvalue weighted by atomic mass is 10.1. The Hall–Kier alpha value is -2.10. The predicted molar refractivity (Wildman–Crippen MR) is 93.0 cm³/mol. The van der Waals surface area contributed by atoms with Crippen molar-refractivity contribution in [2.24, 2.45) is 0 Å². The minimum Gasteiger partial charge on any atom is -0.465 e. The zero-order valence-electron chi connectivity index (χ0n) is 14.2. The molecule has 0 amide bonds. The van der Waals surface area contributed by atoms with Crippen LogP contribution in [-0.2, 0) is 20.9 Å².